The van der Waals surface area contributed by atoms with Gasteiger partial charge >= 0.3 is 6.03 Å². The number of amides is 4. The first-order valence-electron chi connectivity index (χ1n) is 8.92. The zero-order chi connectivity index (χ0) is 18.7. The molecule has 4 amide bonds. The summed E-state index contributed by atoms with van der Waals surface area (Å²) in [5, 5.41) is 2.29. The first-order chi connectivity index (χ1) is 12.5. The van der Waals surface area contributed by atoms with Crippen molar-refractivity contribution in [2.75, 3.05) is 18.1 Å². The molecule has 1 N–H and O–H groups in total. The van der Waals surface area contributed by atoms with Crippen LogP contribution >= 0.6 is 0 Å². The molecule has 2 atom stereocenters. The van der Waals surface area contributed by atoms with Crippen LogP contribution in [-0.2, 0) is 14.3 Å². The number of aliphatic imine (C=N–C) groups is 1. The van der Waals surface area contributed by atoms with Crippen LogP contribution in [-0.4, -0.2) is 42.8 Å². The minimum absolute atomic E-state index is 0.0346. The van der Waals surface area contributed by atoms with Gasteiger partial charge < -0.3 is 4.74 Å². The third-order valence-corrected chi connectivity index (χ3v) is 4.74. The van der Waals surface area contributed by atoms with Crippen molar-refractivity contribution in [2.45, 2.75) is 39.2 Å². The molecule has 0 aliphatic carbocycles. The van der Waals surface area contributed by atoms with Crippen molar-refractivity contribution < 1.29 is 19.1 Å². The van der Waals surface area contributed by atoms with E-state index in [1.165, 1.54) is 0 Å². The van der Waals surface area contributed by atoms with Gasteiger partial charge in [0, 0.05) is 12.3 Å². The Kier molecular flexibility index (Phi) is 5.46. The lowest BCUT2D eigenvalue weighted by Gasteiger charge is -2.31. The molecule has 2 aliphatic heterocycles. The van der Waals surface area contributed by atoms with Crippen LogP contribution in [0.2, 0.25) is 0 Å². The highest BCUT2D eigenvalue weighted by molar-refractivity contribution is 6.35. The van der Waals surface area contributed by atoms with Crippen LogP contribution < -0.4 is 10.2 Å². The summed E-state index contributed by atoms with van der Waals surface area (Å²) >= 11 is 0. The van der Waals surface area contributed by atoms with Gasteiger partial charge in [-0.3, -0.25) is 19.9 Å². The molecular formula is C19H23N3O4. The number of rotatable bonds is 5. The summed E-state index contributed by atoms with van der Waals surface area (Å²) in [6.07, 6.45) is 2.42. The van der Waals surface area contributed by atoms with Crippen molar-refractivity contribution in [1.82, 2.24) is 5.32 Å². The zero-order valence-electron chi connectivity index (χ0n) is 15.0. The molecule has 2 fully saturated rings. The number of carbonyl (C=O) groups is 3. The number of para-hydroxylation sites is 1. The second-order valence-electron chi connectivity index (χ2n) is 6.51. The molecule has 1 aromatic rings. The van der Waals surface area contributed by atoms with Gasteiger partial charge in [0.25, 0.3) is 5.91 Å². The van der Waals surface area contributed by atoms with Crippen LogP contribution in [0.3, 0.4) is 0 Å². The van der Waals surface area contributed by atoms with E-state index < -0.39 is 23.8 Å². The standard InChI is InChI=1S/C19H23N3O4/c1-3-14(20-11-13-8-6-10-26-13)16-17(23)21-19(25)22(18(16)24)15-9-5-4-7-12(15)2/h4-5,7,9,13,16H,3,6,8,10-11H2,1-2H3,(H,21,23,25)/t13-,16?/m1/s1. The Morgan fingerprint density at radius 1 is 1.31 bits per heavy atom. The molecule has 0 spiro atoms. The molecule has 7 nitrogen and oxygen atoms in total. The molecular weight excluding hydrogens is 334 g/mol. The molecule has 7 heteroatoms. The molecule has 0 bridgehead atoms. The molecule has 138 valence electrons. The molecule has 26 heavy (non-hydrogen) atoms. The molecule has 0 saturated carbocycles. The van der Waals surface area contributed by atoms with Gasteiger partial charge in [0.2, 0.25) is 5.91 Å². The average molecular weight is 357 g/mol. The fourth-order valence-corrected chi connectivity index (χ4v) is 3.33. The van der Waals surface area contributed by atoms with E-state index >= 15 is 0 Å². The second-order valence-corrected chi connectivity index (χ2v) is 6.51. The van der Waals surface area contributed by atoms with Gasteiger partial charge in [-0.15, -0.1) is 0 Å². The number of benzene rings is 1. The van der Waals surface area contributed by atoms with Crippen LogP contribution in [0.25, 0.3) is 0 Å². The maximum atomic E-state index is 13.0. The number of carbonyl (C=O) groups excluding carboxylic acids is 3. The maximum Gasteiger partial charge on any atom is 0.335 e. The Labute approximate surface area is 152 Å². The fourth-order valence-electron chi connectivity index (χ4n) is 3.33. The van der Waals surface area contributed by atoms with E-state index in [2.05, 4.69) is 10.3 Å². The predicted molar refractivity (Wildman–Crippen MR) is 97.3 cm³/mol. The minimum Gasteiger partial charge on any atom is -0.376 e. The summed E-state index contributed by atoms with van der Waals surface area (Å²) in [6, 6.07) is 6.36. The number of hydrogen-bond donors (Lipinski definition) is 1. The molecule has 2 heterocycles. The Hall–Kier alpha value is -2.54. The third kappa shape index (κ3) is 3.53. The lowest BCUT2D eigenvalue weighted by molar-refractivity contribution is -0.131. The fraction of sp³-hybridized carbons (Fsp3) is 0.474. The largest absolute Gasteiger partial charge is 0.376 e. The predicted octanol–water partition coefficient (Wildman–Crippen LogP) is 2.22. The number of nitrogens with one attached hydrogen (secondary N) is 1. The molecule has 2 aliphatic rings. The number of nitrogens with zero attached hydrogens (tertiary/aromatic N) is 2. The maximum absolute atomic E-state index is 13.0. The second kappa shape index (κ2) is 7.78. The third-order valence-electron chi connectivity index (χ3n) is 4.74. The van der Waals surface area contributed by atoms with E-state index in [-0.39, 0.29) is 6.10 Å². The summed E-state index contributed by atoms with van der Waals surface area (Å²) in [5.41, 5.74) is 1.73. The highest BCUT2D eigenvalue weighted by atomic mass is 16.5. The van der Waals surface area contributed by atoms with Crippen LogP contribution in [0.4, 0.5) is 10.5 Å². The van der Waals surface area contributed by atoms with Crippen LogP contribution in [0.1, 0.15) is 31.7 Å². The van der Waals surface area contributed by atoms with E-state index in [1.807, 2.05) is 26.0 Å². The lowest BCUT2D eigenvalue weighted by Crippen LogP contribution is -2.60. The smallest absolute Gasteiger partial charge is 0.335 e. The SMILES string of the molecule is CCC(=NC[C@H]1CCCO1)C1C(=O)NC(=O)N(c2ccccc2C)C1=O. The summed E-state index contributed by atoms with van der Waals surface area (Å²) < 4.78 is 5.55. The number of imide groups is 2. The van der Waals surface area contributed by atoms with E-state index in [9.17, 15) is 14.4 Å². The Morgan fingerprint density at radius 3 is 2.73 bits per heavy atom. The van der Waals surface area contributed by atoms with Crippen molar-refractivity contribution in [1.29, 1.82) is 0 Å². The van der Waals surface area contributed by atoms with Crippen molar-refractivity contribution in [3.8, 4) is 0 Å². The van der Waals surface area contributed by atoms with Gasteiger partial charge in [-0.2, -0.15) is 0 Å². The monoisotopic (exact) mass is 357 g/mol. The number of hydrogen-bond acceptors (Lipinski definition) is 5. The molecule has 0 aromatic heterocycles. The van der Waals surface area contributed by atoms with Gasteiger partial charge in [-0.05, 0) is 37.8 Å². The van der Waals surface area contributed by atoms with Gasteiger partial charge in [0.05, 0.1) is 18.3 Å². The topological polar surface area (TPSA) is 88.1 Å². The summed E-state index contributed by atoms with van der Waals surface area (Å²) in [5.74, 6) is -2.25. The molecule has 1 aromatic carbocycles. The van der Waals surface area contributed by atoms with Gasteiger partial charge in [0.1, 0.15) is 0 Å². The van der Waals surface area contributed by atoms with Gasteiger partial charge in [-0.25, -0.2) is 9.69 Å². The lowest BCUT2D eigenvalue weighted by atomic mass is 9.95. The van der Waals surface area contributed by atoms with E-state index in [0.717, 1.165) is 29.9 Å². The van der Waals surface area contributed by atoms with E-state index in [0.29, 0.717) is 24.4 Å². The molecule has 1 unspecified atom stereocenters. The average Bonchev–Trinajstić information content (AvgIpc) is 3.12. The van der Waals surface area contributed by atoms with Crippen molar-refractivity contribution in [3.63, 3.8) is 0 Å². The van der Waals surface area contributed by atoms with E-state index in [4.69, 9.17) is 4.74 Å². The zero-order valence-corrected chi connectivity index (χ0v) is 15.0. The Bertz CT molecular complexity index is 753. The number of urea groups is 1. The first-order valence-corrected chi connectivity index (χ1v) is 8.92. The summed E-state index contributed by atoms with van der Waals surface area (Å²) in [7, 11) is 0. The summed E-state index contributed by atoms with van der Waals surface area (Å²) in [4.78, 5) is 43.3. The number of anilines is 1. The van der Waals surface area contributed by atoms with Crippen molar-refractivity contribution in [2.24, 2.45) is 10.9 Å². The van der Waals surface area contributed by atoms with Gasteiger partial charge in [-0.1, -0.05) is 25.1 Å². The Balaban J connectivity index is 1.88. The van der Waals surface area contributed by atoms with Gasteiger partial charge in [0.15, 0.2) is 5.92 Å². The quantitative estimate of drug-likeness (QED) is 0.646. The van der Waals surface area contributed by atoms with Crippen LogP contribution in [0.15, 0.2) is 29.3 Å². The van der Waals surface area contributed by atoms with Crippen LogP contribution in [0.5, 0.6) is 0 Å². The molecule has 2 saturated heterocycles. The van der Waals surface area contributed by atoms with Crippen LogP contribution in [0, 0.1) is 12.8 Å². The number of aryl methyl sites for hydroxylation is 1. The normalized spacial score (nSPS) is 24.2. The number of ether oxygens (including phenoxy) is 1. The van der Waals surface area contributed by atoms with Crippen molar-refractivity contribution in [3.05, 3.63) is 29.8 Å². The molecule has 0 radical (unpaired) electrons. The van der Waals surface area contributed by atoms with E-state index in [1.54, 1.807) is 12.1 Å². The number of barbiturate groups is 1. The van der Waals surface area contributed by atoms with Crippen molar-refractivity contribution >= 4 is 29.2 Å². The molecule has 3 rings (SSSR count). The Morgan fingerprint density at radius 2 is 2.08 bits per heavy atom. The first kappa shape index (κ1) is 18.3. The highest BCUT2D eigenvalue weighted by Gasteiger charge is 2.43. The highest BCUT2D eigenvalue weighted by Crippen LogP contribution is 2.25. The minimum atomic E-state index is -1.08. The summed E-state index contributed by atoms with van der Waals surface area (Å²) in [6.45, 7) is 4.82.